The van der Waals surface area contributed by atoms with Gasteiger partial charge in [-0.2, -0.15) is 0 Å². The zero-order chi connectivity index (χ0) is 16.4. The zero-order valence-corrected chi connectivity index (χ0v) is 14.0. The quantitative estimate of drug-likeness (QED) is 0.859. The number of aromatic nitrogens is 1. The first-order valence-corrected chi connectivity index (χ1v) is 9.09. The summed E-state index contributed by atoms with van der Waals surface area (Å²) in [4.78, 5) is 19.1. The van der Waals surface area contributed by atoms with Crippen LogP contribution in [0.2, 0.25) is 0 Å². The number of nitrogens with zero attached hydrogens (tertiary/aromatic N) is 2. The van der Waals surface area contributed by atoms with Gasteiger partial charge in [-0.05, 0) is 49.8 Å². The van der Waals surface area contributed by atoms with Crippen molar-refractivity contribution in [2.45, 2.75) is 44.6 Å². The van der Waals surface area contributed by atoms with Crippen LogP contribution in [-0.4, -0.2) is 35.0 Å². The van der Waals surface area contributed by atoms with Crippen LogP contribution < -0.4 is 4.74 Å². The standard InChI is InChI=1S/C20H24N2O2/c23-20(22-13-5-10-18(22)15-6-1-2-7-15)14-24-19-11-12-21-17-9-4-3-8-16(17)19/h3-4,8-9,11-12,15,18H,1-2,5-7,10,13-14H2. The Morgan fingerprint density at radius 2 is 1.96 bits per heavy atom. The largest absolute Gasteiger partial charge is 0.483 e. The second-order valence-electron chi connectivity index (χ2n) is 6.96. The molecule has 0 N–H and O–H groups in total. The van der Waals surface area contributed by atoms with Gasteiger partial charge in [0.25, 0.3) is 5.91 Å². The number of carbonyl (C=O) groups is 1. The molecule has 2 aromatic rings. The molecule has 126 valence electrons. The third-order valence-electron chi connectivity index (χ3n) is 5.52. The summed E-state index contributed by atoms with van der Waals surface area (Å²) in [7, 11) is 0. The van der Waals surface area contributed by atoms with Crippen molar-refractivity contribution in [3.63, 3.8) is 0 Å². The van der Waals surface area contributed by atoms with Gasteiger partial charge in [0.2, 0.25) is 0 Å². The molecule has 1 aliphatic carbocycles. The molecular weight excluding hydrogens is 300 g/mol. The minimum absolute atomic E-state index is 0.122. The van der Waals surface area contributed by atoms with Crippen molar-refractivity contribution >= 4 is 16.8 Å². The SMILES string of the molecule is O=C(COc1ccnc2ccccc12)N1CCCC1C1CCCC1. The number of hydrogen-bond donors (Lipinski definition) is 0. The second kappa shape index (κ2) is 6.80. The number of fused-ring (bicyclic) bond motifs is 1. The number of ether oxygens (including phenoxy) is 1. The Labute approximate surface area is 142 Å². The first-order valence-electron chi connectivity index (χ1n) is 9.09. The van der Waals surface area contributed by atoms with E-state index in [1.165, 1.54) is 25.7 Å². The van der Waals surface area contributed by atoms with Crippen LogP contribution in [0.25, 0.3) is 10.9 Å². The Balaban J connectivity index is 1.44. The van der Waals surface area contributed by atoms with Crippen molar-refractivity contribution in [1.82, 2.24) is 9.88 Å². The van der Waals surface area contributed by atoms with Gasteiger partial charge >= 0.3 is 0 Å². The van der Waals surface area contributed by atoms with Crippen LogP contribution >= 0.6 is 0 Å². The maximum absolute atomic E-state index is 12.7. The summed E-state index contributed by atoms with van der Waals surface area (Å²) < 4.78 is 5.87. The topological polar surface area (TPSA) is 42.4 Å². The maximum atomic E-state index is 12.7. The lowest BCUT2D eigenvalue weighted by Gasteiger charge is -2.29. The van der Waals surface area contributed by atoms with Gasteiger partial charge in [0, 0.05) is 24.2 Å². The van der Waals surface area contributed by atoms with Crippen LogP contribution in [0, 0.1) is 5.92 Å². The number of pyridine rings is 1. The van der Waals surface area contributed by atoms with Gasteiger partial charge in [-0.15, -0.1) is 0 Å². The molecule has 1 saturated carbocycles. The number of likely N-dealkylation sites (tertiary alicyclic amines) is 1. The Morgan fingerprint density at radius 1 is 1.12 bits per heavy atom. The molecule has 0 spiro atoms. The van der Waals surface area contributed by atoms with Gasteiger partial charge in [-0.3, -0.25) is 9.78 Å². The second-order valence-corrected chi connectivity index (χ2v) is 6.96. The van der Waals surface area contributed by atoms with Crippen LogP contribution in [0.1, 0.15) is 38.5 Å². The average molecular weight is 324 g/mol. The molecule has 1 saturated heterocycles. The molecule has 0 radical (unpaired) electrons. The molecule has 1 unspecified atom stereocenters. The lowest BCUT2D eigenvalue weighted by Crippen LogP contribution is -2.41. The predicted octanol–water partition coefficient (Wildman–Crippen LogP) is 3.79. The van der Waals surface area contributed by atoms with E-state index in [4.69, 9.17) is 4.74 Å². The first kappa shape index (κ1) is 15.4. The Hall–Kier alpha value is -2.10. The summed E-state index contributed by atoms with van der Waals surface area (Å²) in [6.45, 7) is 1.01. The van der Waals surface area contributed by atoms with Crippen molar-refractivity contribution in [2.75, 3.05) is 13.2 Å². The molecule has 1 aromatic carbocycles. The number of hydrogen-bond acceptors (Lipinski definition) is 3. The lowest BCUT2D eigenvalue weighted by atomic mass is 9.96. The number of amides is 1. The highest BCUT2D eigenvalue weighted by atomic mass is 16.5. The van der Waals surface area contributed by atoms with E-state index in [0.717, 1.165) is 36.0 Å². The molecule has 4 rings (SSSR count). The summed E-state index contributed by atoms with van der Waals surface area (Å²) in [5.41, 5.74) is 0.896. The van der Waals surface area contributed by atoms with E-state index in [-0.39, 0.29) is 12.5 Å². The Bertz CT molecular complexity index is 719. The van der Waals surface area contributed by atoms with Crippen LogP contribution in [0.5, 0.6) is 5.75 Å². The van der Waals surface area contributed by atoms with Gasteiger partial charge in [-0.25, -0.2) is 0 Å². The summed E-state index contributed by atoms with van der Waals surface area (Å²) in [5.74, 6) is 1.58. The monoisotopic (exact) mass is 324 g/mol. The minimum atomic E-state index is 0.122. The van der Waals surface area contributed by atoms with Crippen LogP contribution in [-0.2, 0) is 4.79 Å². The molecule has 0 bridgehead atoms. The van der Waals surface area contributed by atoms with E-state index in [9.17, 15) is 4.79 Å². The minimum Gasteiger partial charge on any atom is -0.483 e. The molecule has 24 heavy (non-hydrogen) atoms. The summed E-state index contributed by atoms with van der Waals surface area (Å²) in [5, 5.41) is 0.960. The molecule has 4 heteroatoms. The van der Waals surface area contributed by atoms with Crippen molar-refractivity contribution in [3.05, 3.63) is 36.5 Å². The highest BCUT2D eigenvalue weighted by molar-refractivity contribution is 5.85. The fourth-order valence-corrected chi connectivity index (χ4v) is 4.35. The van der Waals surface area contributed by atoms with Gasteiger partial charge < -0.3 is 9.64 Å². The smallest absolute Gasteiger partial charge is 0.260 e. The van der Waals surface area contributed by atoms with E-state index < -0.39 is 0 Å². The van der Waals surface area contributed by atoms with Crippen molar-refractivity contribution in [3.8, 4) is 5.75 Å². The predicted molar refractivity (Wildman–Crippen MR) is 93.9 cm³/mol. The number of carbonyl (C=O) groups excluding carboxylic acids is 1. The molecule has 2 heterocycles. The summed E-state index contributed by atoms with van der Waals surface area (Å²) in [6, 6.07) is 10.2. The first-order chi connectivity index (χ1) is 11.8. The Morgan fingerprint density at radius 3 is 2.83 bits per heavy atom. The molecule has 1 aromatic heterocycles. The van der Waals surface area contributed by atoms with Gasteiger partial charge in [0.1, 0.15) is 5.75 Å². The van der Waals surface area contributed by atoms with Crippen LogP contribution in [0.15, 0.2) is 36.5 Å². The van der Waals surface area contributed by atoms with Crippen molar-refractivity contribution < 1.29 is 9.53 Å². The average Bonchev–Trinajstić information content (AvgIpc) is 3.30. The molecule has 2 aliphatic rings. The molecule has 1 atom stereocenters. The molecule has 2 fully saturated rings. The Kier molecular flexibility index (Phi) is 4.37. The van der Waals surface area contributed by atoms with Crippen LogP contribution in [0.3, 0.4) is 0 Å². The van der Waals surface area contributed by atoms with Crippen molar-refractivity contribution in [2.24, 2.45) is 5.92 Å². The van der Waals surface area contributed by atoms with Gasteiger partial charge in [0.15, 0.2) is 6.61 Å². The fraction of sp³-hybridized carbons (Fsp3) is 0.500. The lowest BCUT2D eigenvalue weighted by molar-refractivity contribution is -0.135. The van der Waals surface area contributed by atoms with Crippen LogP contribution in [0.4, 0.5) is 0 Å². The normalized spacial score (nSPS) is 21.5. The van der Waals surface area contributed by atoms with E-state index in [1.807, 2.05) is 30.3 Å². The molecule has 1 amide bonds. The van der Waals surface area contributed by atoms with E-state index in [0.29, 0.717) is 12.0 Å². The number of benzene rings is 1. The summed E-state index contributed by atoms with van der Waals surface area (Å²) >= 11 is 0. The number of rotatable bonds is 4. The highest BCUT2D eigenvalue weighted by Gasteiger charge is 2.35. The van der Waals surface area contributed by atoms with Gasteiger partial charge in [0.05, 0.1) is 5.52 Å². The molecule has 4 nitrogen and oxygen atoms in total. The zero-order valence-electron chi connectivity index (χ0n) is 14.0. The molecular formula is C20H24N2O2. The third kappa shape index (κ3) is 2.97. The fourth-order valence-electron chi connectivity index (χ4n) is 4.35. The van der Waals surface area contributed by atoms with E-state index in [2.05, 4.69) is 9.88 Å². The summed E-state index contributed by atoms with van der Waals surface area (Å²) in [6.07, 6.45) is 9.24. The van der Waals surface area contributed by atoms with Gasteiger partial charge in [-0.1, -0.05) is 25.0 Å². The van der Waals surface area contributed by atoms with E-state index >= 15 is 0 Å². The van der Waals surface area contributed by atoms with E-state index in [1.54, 1.807) is 6.20 Å². The number of para-hydroxylation sites is 1. The highest BCUT2D eigenvalue weighted by Crippen LogP contribution is 2.35. The van der Waals surface area contributed by atoms with Crippen molar-refractivity contribution in [1.29, 1.82) is 0 Å². The maximum Gasteiger partial charge on any atom is 0.260 e. The third-order valence-corrected chi connectivity index (χ3v) is 5.52. The molecule has 1 aliphatic heterocycles.